The highest BCUT2D eigenvalue weighted by Gasteiger charge is 2.18. The maximum Gasteiger partial charge on any atom is 0.336 e. The van der Waals surface area contributed by atoms with Crippen molar-refractivity contribution in [2.75, 3.05) is 5.32 Å². The maximum atomic E-state index is 12.3. The van der Waals surface area contributed by atoms with Crippen LogP contribution in [0.3, 0.4) is 0 Å². The van der Waals surface area contributed by atoms with Gasteiger partial charge < -0.3 is 14.5 Å². The van der Waals surface area contributed by atoms with Gasteiger partial charge in [0, 0.05) is 23.2 Å². The van der Waals surface area contributed by atoms with Crippen LogP contribution in [-0.2, 0) is 4.79 Å². The van der Waals surface area contributed by atoms with E-state index >= 15 is 0 Å². The van der Waals surface area contributed by atoms with E-state index in [9.17, 15) is 14.4 Å². The number of nitrogens with one attached hydrogen (secondary N) is 2. The molecule has 0 saturated heterocycles. The Morgan fingerprint density at radius 3 is 2.48 bits per heavy atom. The molecule has 0 aliphatic carbocycles. The highest BCUT2D eigenvalue weighted by Crippen LogP contribution is 2.23. The number of aryl methyl sites for hydroxylation is 3. The number of imide groups is 1. The van der Waals surface area contributed by atoms with Gasteiger partial charge in [0.1, 0.15) is 11.3 Å². The van der Waals surface area contributed by atoms with Gasteiger partial charge in [0.05, 0.1) is 0 Å². The standard InChI is InChI=1S/C22H22N2O5/c1-12-5-8-18(14(3)9-12)23-22(27)24-21(26)15(4)28-16-6-7-17-13(2)10-20(25)29-19(17)11-16/h5-11,15H,1-4H3,(H2,23,24,26,27). The van der Waals surface area contributed by atoms with E-state index in [1.54, 1.807) is 24.3 Å². The first-order valence-electron chi connectivity index (χ1n) is 9.13. The van der Waals surface area contributed by atoms with Crippen molar-refractivity contribution in [2.24, 2.45) is 0 Å². The van der Waals surface area contributed by atoms with Crippen LogP contribution in [0.5, 0.6) is 5.75 Å². The summed E-state index contributed by atoms with van der Waals surface area (Å²) in [5, 5.41) is 5.69. The predicted octanol–water partition coefficient (Wildman–Crippen LogP) is 3.83. The van der Waals surface area contributed by atoms with Gasteiger partial charge in [-0.2, -0.15) is 0 Å². The lowest BCUT2D eigenvalue weighted by molar-refractivity contribution is -0.126. The summed E-state index contributed by atoms with van der Waals surface area (Å²) >= 11 is 0. The van der Waals surface area contributed by atoms with Gasteiger partial charge >= 0.3 is 11.7 Å². The zero-order valence-corrected chi connectivity index (χ0v) is 16.7. The van der Waals surface area contributed by atoms with Crippen molar-refractivity contribution >= 4 is 28.6 Å². The molecule has 2 aromatic carbocycles. The summed E-state index contributed by atoms with van der Waals surface area (Å²) in [4.78, 5) is 36.0. The SMILES string of the molecule is Cc1ccc(NC(=O)NC(=O)C(C)Oc2ccc3c(C)cc(=O)oc3c2)c(C)c1. The number of urea groups is 1. The average Bonchev–Trinajstić information content (AvgIpc) is 2.63. The molecule has 1 heterocycles. The molecule has 0 saturated carbocycles. The monoisotopic (exact) mass is 394 g/mol. The molecule has 3 rings (SSSR count). The summed E-state index contributed by atoms with van der Waals surface area (Å²) in [6.07, 6.45) is -0.936. The number of rotatable bonds is 4. The van der Waals surface area contributed by atoms with E-state index in [0.29, 0.717) is 17.0 Å². The van der Waals surface area contributed by atoms with Crippen molar-refractivity contribution in [1.82, 2.24) is 5.32 Å². The molecular weight excluding hydrogens is 372 g/mol. The van der Waals surface area contributed by atoms with Crippen LogP contribution in [-0.4, -0.2) is 18.0 Å². The molecule has 7 nitrogen and oxygen atoms in total. The van der Waals surface area contributed by atoms with E-state index in [1.165, 1.54) is 13.0 Å². The van der Waals surface area contributed by atoms with Crippen LogP contribution in [0.4, 0.5) is 10.5 Å². The van der Waals surface area contributed by atoms with Crippen LogP contribution in [0.2, 0.25) is 0 Å². The third-order valence-electron chi connectivity index (χ3n) is 4.47. The molecule has 0 spiro atoms. The van der Waals surface area contributed by atoms with Crippen LogP contribution in [0, 0.1) is 20.8 Å². The van der Waals surface area contributed by atoms with Gasteiger partial charge in [-0.25, -0.2) is 9.59 Å². The van der Waals surface area contributed by atoms with Gasteiger partial charge in [0.25, 0.3) is 5.91 Å². The fourth-order valence-corrected chi connectivity index (χ4v) is 2.96. The normalized spacial score (nSPS) is 11.7. The minimum Gasteiger partial charge on any atom is -0.481 e. The highest BCUT2D eigenvalue weighted by atomic mass is 16.5. The first kappa shape index (κ1) is 20.1. The second-order valence-corrected chi connectivity index (χ2v) is 6.93. The molecule has 1 atom stereocenters. The summed E-state index contributed by atoms with van der Waals surface area (Å²) in [5.41, 5.74) is 3.29. The van der Waals surface area contributed by atoms with Gasteiger partial charge in [-0.1, -0.05) is 17.7 Å². The number of hydrogen-bond acceptors (Lipinski definition) is 5. The summed E-state index contributed by atoms with van der Waals surface area (Å²) in [7, 11) is 0. The Hall–Kier alpha value is -3.61. The number of amides is 3. The number of carbonyl (C=O) groups is 2. The first-order valence-corrected chi connectivity index (χ1v) is 9.13. The zero-order chi connectivity index (χ0) is 21.1. The summed E-state index contributed by atoms with van der Waals surface area (Å²) < 4.78 is 10.8. The van der Waals surface area contributed by atoms with Crippen molar-refractivity contribution in [2.45, 2.75) is 33.8 Å². The van der Waals surface area contributed by atoms with Crippen LogP contribution in [0.15, 0.2) is 51.7 Å². The number of anilines is 1. The molecule has 1 unspecified atom stereocenters. The summed E-state index contributed by atoms with van der Waals surface area (Å²) in [5.74, 6) is -0.248. The lowest BCUT2D eigenvalue weighted by atomic mass is 10.1. The molecule has 0 bridgehead atoms. The molecule has 1 aromatic heterocycles. The Morgan fingerprint density at radius 1 is 1.00 bits per heavy atom. The molecule has 0 radical (unpaired) electrons. The first-order chi connectivity index (χ1) is 13.7. The minimum atomic E-state index is -0.936. The van der Waals surface area contributed by atoms with Crippen molar-refractivity contribution in [3.63, 3.8) is 0 Å². The molecule has 0 aliphatic rings. The van der Waals surface area contributed by atoms with Crippen molar-refractivity contribution < 1.29 is 18.7 Å². The fraction of sp³-hybridized carbons (Fsp3) is 0.227. The van der Waals surface area contributed by atoms with Crippen molar-refractivity contribution in [3.8, 4) is 5.75 Å². The Kier molecular flexibility index (Phi) is 5.68. The van der Waals surface area contributed by atoms with E-state index in [-0.39, 0.29) is 0 Å². The van der Waals surface area contributed by atoms with E-state index < -0.39 is 23.7 Å². The maximum absolute atomic E-state index is 12.3. The van der Waals surface area contributed by atoms with Gasteiger partial charge in [0.2, 0.25) is 0 Å². The van der Waals surface area contributed by atoms with Crippen molar-refractivity contribution in [3.05, 3.63) is 69.6 Å². The lowest BCUT2D eigenvalue weighted by Crippen LogP contribution is -2.42. The largest absolute Gasteiger partial charge is 0.481 e. The second kappa shape index (κ2) is 8.18. The molecule has 0 aliphatic heterocycles. The Balaban J connectivity index is 1.65. The molecule has 29 heavy (non-hydrogen) atoms. The van der Waals surface area contributed by atoms with Crippen molar-refractivity contribution in [1.29, 1.82) is 0 Å². The van der Waals surface area contributed by atoms with Gasteiger partial charge in [-0.15, -0.1) is 0 Å². The van der Waals surface area contributed by atoms with Gasteiger partial charge in [-0.3, -0.25) is 10.1 Å². The molecule has 3 amide bonds. The van der Waals surface area contributed by atoms with Gasteiger partial charge in [-0.05, 0) is 57.0 Å². The van der Waals surface area contributed by atoms with Crippen LogP contribution >= 0.6 is 0 Å². The van der Waals surface area contributed by atoms with Gasteiger partial charge in [0.15, 0.2) is 6.10 Å². The Morgan fingerprint density at radius 2 is 1.76 bits per heavy atom. The quantitative estimate of drug-likeness (QED) is 0.656. The van der Waals surface area contributed by atoms with E-state index in [1.807, 2.05) is 32.9 Å². The number of hydrogen-bond donors (Lipinski definition) is 2. The number of carbonyl (C=O) groups excluding carboxylic acids is 2. The van der Waals surface area contributed by atoms with Crippen LogP contribution in [0.1, 0.15) is 23.6 Å². The third-order valence-corrected chi connectivity index (χ3v) is 4.47. The molecule has 7 heteroatoms. The summed E-state index contributed by atoms with van der Waals surface area (Å²) in [6, 6.07) is 11.3. The molecule has 2 N–H and O–H groups in total. The number of benzene rings is 2. The van der Waals surface area contributed by atoms with Crippen LogP contribution < -0.4 is 21.0 Å². The lowest BCUT2D eigenvalue weighted by Gasteiger charge is -2.15. The number of ether oxygens (including phenoxy) is 1. The molecule has 3 aromatic rings. The average molecular weight is 394 g/mol. The molecular formula is C22H22N2O5. The molecule has 0 fully saturated rings. The van der Waals surface area contributed by atoms with E-state index in [4.69, 9.17) is 9.15 Å². The third kappa shape index (κ3) is 4.82. The minimum absolute atomic E-state index is 0.351. The predicted molar refractivity (Wildman–Crippen MR) is 110 cm³/mol. The molecule has 150 valence electrons. The smallest absolute Gasteiger partial charge is 0.336 e. The summed E-state index contributed by atoms with van der Waals surface area (Å²) in [6.45, 7) is 7.16. The van der Waals surface area contributed by atoms with E-state index in [0.717, 1.165) is 22.1 Å². The fourth-order valence-electron chi connectivity index (χ4n) is 2.96. The topological polar surface area (TPSA) is 97.6 Å². The van der Waals surface area contributed by atoms with Crippen LogP contribution in [0.25, 0.3) is 11.0 Å². The Labute approximate surface area is 167 Å². The second-order valence-electron chi connectivity index (χ2n) is 6.93. The number of fused-ring (bicyclic) bond motifs is 1. The zero-order valence-electron chi connectivity index (χ0n) is 16.7. The Bertz CT molecular complexity index is 1150. The van der Waals surface area contributed by atoms with E-state index in [2.05, 4.69) is 10.6 Å². The highest BCUT2D eigenvalue weighted by molar-refractivity contribution is 6.02.